The zero-order valence-corrected chi connectivity index (χ0v) is 7.37. The highest BCUT2D eigenvalue weighted by atomic mass is 16.5. The topological polar surface area (TPSA) is 33.6 Å². The van der Waals surface area contributed by atoms with Gasteiger partial charge in [-0.05, 0) is 12.1 Å². The average molecular weight is 174 g/mol. The van der Waals surface area contributed by atoms with Crippen LogP contribution in [0.3, 0.4) is 0 Å². The van der Waals surface area contributed by atoms with Crippen molar-refractivity contribution in [2.45, 2.75) is 0 Å². The Balaban J connectivity index is 2.46. The van der Waals surface area contributed by atoms with Crippen molar-refractivity contribution in [1.29, 1.82) is 0 Å². The van der Waals surface area contributed by atoms with E-state index < -0.39 is 0 Å². The molecule has 0 fully saturated rings. The van der Waals surface area contributed by atoms with E-state index in [4.69, 9.17) is 4.74 Å². The highest BCUT2D eigenvalue weighted by molar-refractivity contribution is 5.91. The Morgan fingerprint density at radius 1 is 1.46 bits per heavy atom. The SMILES string of the molecule is C=C1C=Nc2ccc(OC)cc2N1. The van der Waals surface area contributed by atoms with Crippen LogP contribution in [-0.2, 0) is 0 Å². The van der Waals surface area contributed by atoms with Crippen molar-refractivity contribution in [2.75, 3.05) is 12.4 Å². The Morgan fingerprint density at radius 2 is 2.31 bits per heavy atom. The summed E-state index contributed by atoms with van der Waals surface area (Å²) in [6, 6.07) is 5.69. The largest absolute Gasteiger partial charge is 0.497 e. The third-order valence-corrected chi connectivity index (χ3v) is 1.86. The predicted molar refractivity (Wildman–Crippen MR) is 53.9 cm³/mol. The van der Waals surface area contributed by atoms with Gasteiger partial charge in [0, 0.05) is 11.8 Å². The average Bonchev–Trinajstić information content (AvgIpc) is 2.16. The minimum absolute atomic E-state index is 0.792. The van der Waals surface area contributed by atoms with Gasteiger partial charge in [-0.25, -0.2) is 0 Å². The second kappa shape index (κ2) is 2.94. The molecule has 0 bridgehead atoms. The molecule has 0 saturated carbocycles. The quantitative estimate of drug-likeness (QED) is 0.708. The van der Waals surface area contributed by atoms with E-state index in [-0.39, 0.29) is 0 Å². The molecule has 1 aliphatic rings. The molecule has 13 heavy (non-hydrogen) atoms. The molecular formula is C10H10N2O. The molecule has 1 aromatic carbocycles. The maximum Gasteiger partial charge on any atom is 0.121 e. The number of allylic oxidation sites excluding steroid dienone is 1. The molecule has 1 aliphatic heterocycles. The normalized spacial score (nSPS) is 13.5. The van der Waals surface area contributed by atoms with Gasteiger partial charge in [0.2, 0.25) is 0 Å². The van der Waals surface area contributed by atoms with E-state index in [0.717, 1.165) is 22.8 Å². The number of aliphatic imine (C=N–C) groups is 1. The van der Waals surface area contributed by atoms with Gasteiger partial charge in [-0.2, -0.15) is 0 Å². The van der Waals surface area contributed by atoms with Crippen LogP contribution in [0.5, 0.6) is 5.75 Å². The first-order valence-electron chi connectivity index (χ1n) is 3.97. The molecule has 0 spiro atoms. The fraction of sp³-hybridized carbons (Fsp3) is 0.100. The molecule has 0 aliphatic carbocycles. The van der Waals surface area contributed by atoms with Gasteiger partial charge in [-0.3, -0.25) is 4.99 Å². The van der Waals surface area contributed by atoms with Crippen LogP contribution < -0.4 is 10.1 Å². The van der Waals surface area contributed by atoms with Crippen LogP contribution in [0.25, 0.3) is 0 Å². The van der Waals surface area contributed by atoms with Crippen LogP contribution in [0.1, 0.15) is 0 Å². The summed E-state index contributed by atoms with van der Waals surface area (Å²) in [5, 5.41) is 3.11. The maximum absolute atomic E-state index is 5.09. The Morgan fingerprint density at radius 3 is 3.08 bits per heavy atom. The van der Waals surface area contributed by atoms with Gasteiger partial charge in [-0.15, -0.1) is 0 Å². The summed E-state index contributed by atoms with van der Waals surface area (Å²) in [7, 11) is 1.64. The summed E-state index contributed by atoms with van der Waals surface area (Å²) in [5.74, 6) is 0.816. The number of fused-ring (bicyclic) bond motifs is 1. The van der Waals surface area contributed by atoms with Gasteiger partial charge >= 0.3 is 0 Å². The highest BCUT2D eigenvalue weighted by Crippen LogP contribution is 2.32. The first kappa shape index (κ1) is 7.86. The summed E-state index contributed by atoms with van der Waals surface area (Å²) in [6.45, 7) is 3.77. The zero-order chi connectivity index (χ0) is 9.26. The third kappa shape index (κ3) is 1.40. The van der Waals surface area contributed by atoms with Crippen LogP contribution in [0.4, 0.5) is 11.4 Å². The first-order chi connectivity index (χ1) is 6.29. The fourth-order valence-corrected chi connectivity index (χ4v) is 1.21. The van der Waals surface area contributed by atoms with Gasteiger partial charge in [0.15, 0.2) is 0 Å². The van der Waals surface area contributed by atoms with E-state index in [1.54, 1.807) is 13.3 Å². The molecule has 1 heterocycles. The molecule has 0 amide bonds. The molecule has 3 heteroatoms. The number of hydrogen-bond acceptors (Lipinski definition) is 3. The van der Waals surface area contributed by atoms with Crippen LogP contribution in [0.2, 0.25) is 0 Å². The molecule has 0 aromatic heterocycles. The summed E-state index contributed by atoms with van der Waals surface area (Å²) < 4.78 is 5.09. The number of hydrogen-bond donors (Lipinski definition) is 1. The minimum Gasteiger partial charge on any atom is -0.497 e. The zero-order valence-electron chi connectivity index (χ0n) is 7.37. The summed E-state index contributed by atoms with van der Waals surface area (Å²) in [6.07, 6.45) is 1.70. The lowest BCUT2D eigenvalue weighted by Gasteiger charge is -2.14. The van der Waals surface area contributed by atoms with Gasteiger partial charge in [0.25, 0.3) is 0 Å². The van der Waals surface area contributed by atoms with E-state index in [0.29, 0.717) is 0 Å². The number of ether oxygens (including phenoxy) is 1. The van der Waals surface area contributed by atoms with Crippen LogP contribution in [0.15, 0.2) is 35.5 Å². The number of nitrogens with zero attached hydrogens (tertiary/aromatic N) is 1. The van der Waals surface area contributed by atoms with Crippen molar-refractivity contribution in [3.8, 4) is 5.75 Å². The molecule has 66 valence electrons. The molecule has 0 atom stereocenters. The van der Waals surface area contributed by atoms with Crippen molar-refractivity contribution in [3.63, 3.8) is 0 Å². The fourth-order valence-electron chi connectivity index (χ4n) is 1.21. The molecule has 2 rings (SSSR count). The van der Waals surface area contributed by atoms with Crippen LogP contribution >= 0.6 is 0 Å². The van der Waals surface area contributed by atoms with E-state index in [9.17, 15) is 0 Å². The molecule has 1 N–H and O–H groups in total. The second-order valence-corrected chi connectivity index (χ2v) is 2.79. The molecule has 0 radical (unpaired) electrons. The van der Waals surface area contributed by atoms with Gasteiger partial charge in [0.1, 0.15) is 5.75 Å². The van der Waals surface area contributed by atoms with Crippen molar-refractivity contribution in [3.05, 3.63) is 30.5 Å². The smallest absolute Gasteiger partial charge is 0.121 e. The maximum atomic E-state index is 5.09. The lowest BCUT2D eigenvalue weighted by Crippen LogP contribution is -2.03. The Labute approximate surface area is 76.8 Å². The van der Waals surface area contributed by atoms with Gasteiger partial charge < -0.3 is 10.1 Å². The molecule has 0 saturated heterocycles. The molecular weight excluding hydrogens is 164 g/mol. The van der Waals surface area contributed by atoms with Crippen molar-refractivity contribution < 1.29 is 4.74 Å². The van der Waals surface area contributed by atoms with E-state index in [2.05, 4.69) is 16.9 Å². The Bertz CT molecular complexity index is 383. The minimum atomic E-state index is 0.792. The van der Waals surface area contributed by atoms with E-state index >= 15 is 0 Å². The third-order valence-electron chi connectivity index (χ3n) is 1.86. The Hall–Kier alpha value is -1.77. The number of rotatable bonds is 1. The lowest BCUT2D eigenvalue weighted by atomic mass is 10.2. The molecule has 1 aromatic rings. The number of methoxy groups -OCH3 is 1. The molecule has 0 unspecified atom stereocenters. The number of nitrogens with one attached hydrogen (secondary N) is 1. The predicted octanol–water partition coefficient (Wildman–Crippen LogP) is 2.34. The van der Waals surface area contributed by atoms with Gasteiger partial charge in [0.05, 0.1) is 24.7 Å². The number of benzene rings is 1. The summed E-state index contributed by atoms with van der Waals surface area (Å²) in [4.78, 5) is 4.21. The van der Waals surface area contributed by atoms with Crippen LogP contribution in [-0.4, -0.2) is 13.3 Å². The summed E-state index contributed by atoms with van der Waals surface area (Å²) >= 11 is 0. The van der Waals surface area contributed by atoms with Crippen LogP contribution in [0, 0.1) is 0 Å². The van der Waals surface area contributed by atoms with E-state index in [1.807, 2.05) is 18.2 Å². The second-order valence-electron chi connectivity index (χ2n) is 2.79. The van der Waals surface area contributed by atoms with Crippen molar-refractivity contribution in [1.82, 2.24) is 0 Å². The Kier molecular flexibility index (Phi) is 1.77. The van der Waals surface area contributed by atoms with E-state index in [1.165, 1.54) is 0 Å². The van der Waals surface area contributed by atoms with Gasteiger partial charge in [-0.1, -0.05) is 6.58 Å². The highest BCUT2D eigenvalue weighted by Gasteiger charge is 2.07. The monoisotopic (exact) mass is 174 g/mol. The van der Waals surface area contributed by atoms with Crippen molar-refractivity contribution >= 4 is 17.6 Å². The lowest BCUT2D eigenvalue weighted by molar-refractivity contribution is 0.415. The number of anilines is 1. The van der Waals surface area contributed by atoms with Crippen molar-refractivity contribution in [2.24, 2.45) is 4.99 Å². The first-order valence-corrected chi connectivity index (χ1v) is 3.97. The standard InChI is InChI=1S/C10H10N2O/c1-7-6-11-9-4-3-8(13-2)5-10(9)12-7/h3-6,12H,1H2,2H3. The summed E-state index contributed by atoms with van der Waals surface area (Å²) in [5.41, 5.74) is 2.64. The molecule has 3 nitrogen and oxygen atoms in total.